The summed E-state index contributed by atoms with van der Waals surface area (Å²) < 4.78 is 25.4. The van der Waals surface area contributed by atoms with E-state index in [-0.39, 0.29) is 21.9 Å². The highest BCUT2D eigenvalue weighted by Crippen LogP contribution is 2.19. The van der Waals surface area contributed by atoms with E-state index in [1.54, 1.807) is 0 Å². The van der Waals surface area contributed by atoms with Gasteiger partial charge in [-0.05, 0) is 13.8 Å². The number of sulfonamides is 1. The van der Waals surface area contributed by atoms with E-state index in [0.29, 0.717) is 0 Å². The third-order valence-corrected chi connectivity index (χ3v) is 4.22. The molecule has 0 saturated carbocycles. The van der Waals surface area contributed by atoms with Crippen molar-refractivity contribution in [1.29, 1.82) is 0 Å². The molecule has 1 aromatic heterocycles. The van der Waals surface area contributed by atoms with Crippen LogP contribution in [0.2, 0.25) is 0 Å². The van der Waals surface area contributed by atoms with Gasteiger partial charge in [0.2, 0.25) is 15.4 Å². The maximum atomic E-state index is 11.8. The summed E-state index contributed by atoms with van der Waals surface area (Å²) in [6.45, 7) is 4.07. The molecule has 8 nitrogen and oxygen atoms in total. The summed E-state index contributed by atoms with van der Waals surface area (Å²) in [6, 6.07) is 0. The van der Waals surface area contributed by atoms with Crippen molar-refractivity contribution >= 4 is 32.4 Å². The number of nitrogens with one attached hydrogen (secondary N) is 2. The molecule has 1 aromatic rings. The van der Waals surface area contributed by atoms with Crippen LogP contribution in [0.25, 0.3) is 0 Å². The number of nitrogens with zero attached hydrogens (tertiary/aromatic N) is 2. The summed E-state index contributed by atoms with van der Waals surface area (Å²) in [5.41, 5.74) is -1.17. The third kappa shape index (κ3) is 4.64. The van der Waals surface area contributed by atoms with Gasteiger partial charge in [0.1, 0.15) is 0 Å². The molecule has 0 aromatic carbocycles. The predicted molar refractivity (Wildman–Crippen MR) is 65.7 cm³/mol. The van der Waals surface area contributed by atoms with Crippen molar-refractivity contribution < 1.29 is 18.3 Å². The van der Waals surface area contributed by atoms with Gasteiger partial charge in [0.15, 0.2) is 0 Å². The molecule has 1 amide bonds. The second-order valence-corrected chi connectivity index (χ2v) is 7.11. The van der Waals surface area contributed by atoms with Gasteiger partial charge in [0, 0.05) is 13.5 Å². The zero-order valence-corrected chi connectivity index (χ0v) is 11.7. The van der Waals surface area contributed by atoms with Gasteiger partial charge < -0.3 is 10.4 Å². The summed E-state index contributed by atoms with van der Waals surface area (Å²) >= 11 is 0.732. The van der Waals surface area contributed by atoms with Crippen molar-refractivity contribution in [3.05, 3.63) is 0 Å². The number of hydrogen-bond donors (Lipinski definition) is 3. The van der Waals surface area contributed by atoms with Gasteiger partial charge in [-0.1, -0.05) is 11.3 Å². The van der Waals surface area contributed by atoms with Crippen LogP contribution in [0.3, 0.4) is 0 Å². The molecule has 0 aliphatic carbocycles. The second-order valence-electron chi connectivity index (χ2n) is 4.19. The average Bonchev–Trinajstić information content (AvgIpc) is 2.62. The molecule has 0 aliphatic heterocycles. The van der Waals surface area contributed by atoms with Crippen LogP contribution >= 0.6 is 11.3 Å². The maximum Gasteiger partial charge on any atom is 0.269 e. The van der Waals surface area contributed by atoms with Crippen molar-refractivity contribution in [1.82, 2.24) is 14.9 Å². The minimum atomic E-state index is -3.82. The van der Waals surface area contributed by atoms with Crippen LogP contribution in [0.4, 0.5) is 5.13 Å². The van der Waals surface area contributed by atoms with E-state index in [9.17, 15) is 18.3 Å². The Morgan fingerprint density at radius 2 is 2.06 bits per heavy atom. The van der Waals surface area contributed by atoms with Crippen LogP contribution in [0.5, 0.6) is 0 Å². The van der Waals surface area contributed by atoms with Crippen molar-refractivity contribution in [3.8, 4) is 0 Å². The molecule has 3 N–H and O–H groups in total. The van der Waals surface area contributed by atoms with E-state index >= 15 is 0 Å². The number of carbonyl (C=O) groups excluding carboxylic acids is 1. The molecule has 0 fully saturated rings. The van der Waals surface area contributed by atoms with Crippen LogP contribution in [-0.2, 0) is 14.8 Å². The van der Waals surface area contributed by atoms with Gasteiger partial charge in [0.25, 0.3) is 10.0 Å². The molecule has 0 radical (unpaired) electrons. The molecular formula is C8H14N4O4S2. The first-order valence-electron chi connectivity index (χ1n) is 4.93. The standard InChI is InChI=1S/C8H14N4O4S2/c1-5(13)10-6-11-12-7(17-6)18(15,16)9-4-8(2,3)14/h9,14H,4H2,1-3H3,(H,10,11,13). The highest BCUT2D eigenvalue weighted by atomic mass is 32.2. The van der Waals surface area contributed by atoms with E-state index < -0.39 is 15.6 Å². The first-order chi connectivity index (χ1) is 8.10. The Hall–Kier alpha value is -1.10. The van der Waals surface area contributed by atoms with E-state index in [1.807, 2.05) is 0 Å². The maximum absolute atomic E-state index is 11.8. The van der Waals surface area contributed by atoms with Gasteiger partial charge in [-0.3, -0.25) is 4.79 Å². The average molecular weight is 294 g/mol. The lowest BCUT2D eigenvalue weighted by Gasteiger charge is -2.16. The number of carbonyl (C=O) groups is 1. The Labute approximate surface area is 108 Å². The Morgan fingerprint density at radius 1 is 1.44 bits per heavy atom. The van der Waals surface area contributed by atoms with Crippen LogP contribution < -0.4 is 10.0 Å². The number of hydrogen-bond acceptors (Lipinski definition) is 7. The van der Waals surface area contributed by atoms with Crippen molar-refractivity contribution in [2.45, 2.75) is 30.7 Å². The lowest BCUT2D eigenvalue weighted by molar-refractivity contribution is -0.114. The molecule has 102 valence electrons. The predicted octanol–water partition coefficient (Wildman–Crippen LogP) is -0.454. The van der Waals surface area contributed by atoms with Crippen LogP contribution in [0, 0.1) is 0 Å². The molecule has 1 heterocycles. The summed E-state index contributed by atoms with van der Waals surface area (Å²) in [5.74, 6) is -0.362. The number of amides is 1. The largest absolute Gasteiger partial charge is 0.389 e. The van der Waals surface area contributed by atoms with E-state index in [4.69, 9.17) is 0 Å². The zero-order valence-electron chi connectivity index (χ0n) is 10.1. The Morgan fingerprint density at radius 3 is 2.56 bits per heavy atom. The Kier molecular flexibility index (Phi) is 4.37. The minimum Gasteiger partial charge on any atom is -0.389 e. The quantitative estimate of drug-likeness (QED) is 0.632. The molecule has 0 aliphatic rings. The first kappa shape index (κ1) is 15.0. The van der Waals surface area contributed by atoms with Crippen molar-refractivity contribution in [2.24, 2.45) is 0 Å². The zero-order chi connectivity index (χ0) is 14.0. The summed E-state index contributed by atoms with van der Waals surface area (Å²) in [7, 11) is -3.82. The molecule has 10 heteroatoms. The fourth-order valence-electron chi connectivity index (χ4n) is 0.853. The van der Waals surface area contributed by atoms with Gasteiger partial charge in [-0.25, -0.2) is 13.1 Å². The fourth-order valence-corrected chi connectivity index (χ4v) is 3.04. The number of aromatic nitrogens is 2. The van der Waals surface area contributed by atoms with Crippen LogP contribution in [-0.4, -0.2) is 41.8 Å². The van der Waals surface area contributed by atoms with Crippen molar-refractivity contribution in [3.63, 3.8) is 0 Å². The molecule has 0 bridgehead atoms. The van der Waals surface area contributed by atoms with Gasteiger partial charge in [-0.2, -0.15) is 0 Å². The summed E-state index contributed by atoms with van der Waals surface area (Å²) in [6.07, 6.45) is 0. The molecule has 0 unspecified atom stereocenters. The highest BCUT2D eigenvalue weighted by molar-refractivity contribution is 7.91. The molecular weight excluding hydrogens is 280 g/mol. The summed E-state index contributed by atoms with van der Waals surface area (Å²) in [4.78, 5) is 10.8. The topological polar surface area (TPSA) is 121 Å². The lowest BCUT2D eigenvalue weighted by atomic mass is 10.1. The van der Waals surface area contributed by atoms with Crippen LogP contribution in [0.15, 0.2) is 4.34 Å². The monoisotopic (exact) mass is 294 g/mol. The van der Waals surface area contributed by atoms with Crippen molar-refractivity contribution in [2.75, 3.05) is 11.9 Å². The molecule has 1 rings (SSSR count). The van der Waals surface area contributed by atoms with E-state index in [1.165, 1.54) is 20.8 Å². The third-order valence-electron chi connectivity index (χ3n) is 1.61. The fraction of sp³-hybridized carbons (Fsp3) is 0.625. The van der Waals surface area contributed by atoms with Gasteiger partial charge >= 0.3 is 0 Å². The van der Waals surface area contributed by atoms with Gasteiger partial charge in [0.05, 0.1) is 5.60 Å². The SMILES string of the molecule is CC(=O)Nc1nnc(S(=O)(=O)NCC(C)(C)O)s1. The number of anilines is 1. The first-order valence-corrected chi connectivity index (χ1v) is 7.23. The van der Waals surface area contributed by atoms with Gasteiger partial charge in [-0.15, -0.1) is 10.2 Å². The summed E-state index contributed by atoms with van der Waals surface area (Å²) in [5, 5.41) is 18.9. The molecule has 0 atom stereocenters. The molecule has 0 saturated heterocycles. The second kappa shape index (κ2) is 5.26. The highest BCUT2D eigenvalue weighted by Gasteiger charge is 2.23. The van der Waals surface area contributed by atoms with E-state index in [0.717, 1.165) is 11.3 Å². The lowest BCUT2D eigenvalue weighted by Crippen LogP contribution is -2.38. The number of rotatable bonds is 5. The normalized spacial score (nSPS) is 12.4. The number of aliphatic hydroxyl groups is 1. The van der Waals surface area contributed by atoms with E-state index in [2.05, 4.69) is 20.2 Å². The Bertz CT molecular complexity index is 532. The Balaban J connectivity index is 2.79. The molecule has 18 heavy (non-hydrogen) atoms. The van der Waals surface area contributed by atoms with Crippen LogP contribution in [0.1, 0.15) is 20.8 Å². The minimum absolute atomic E-state index is 0.103. The smallest absolute Gasteiger partial charge is 0.269 e. The molecule has 0 spiro atoms.